The summed E-state index contributed by atoms with van der Waals surface area (Å²) in [5, 5.41) is 21.1. The Balaban J connectivity index is 1.98. The fourth-order valence-electron chi connectivity index (χ4n) is 3.83. The third-order valence-corrected chi connectivity index (χ3v) is 7.41. The lowest BCUT2D eigenvalue weighted by Crippen LogP contribution is -2.56. The lowest BCUT2D eigenvalue weighted by Gasteiger charge is -2.42. The van der Waals surface area contributed by atoms with E-state index in [9.17, 15) is 18.6 Å². The third kappa shape index (κ3) is 4.74. The van der Waals surface area contributed by atoms with Crippen LogP contribution in [0, 0.1) is 6.92 Å². The molecule has 1 aromatic carbocycles. The second-order valence-electron chi connectivity index (χ2n) is 7.57. The minimum atomic E-state index is -3.93. The highest BCUT2D eigenvalue weighted by molar-refractivity contribution is 7.89. The largest absolute Gasteiger partial charge is 0.387 e. The van der Waals surface area contributed by atoms with E-state index in [0.717, 1.165) is 5.56 Å². The SMILES string of the molecule is C=CC[C@H]1C=C[C@@H](O)[C@@H](C[C@H]2O[C@H](OC)C=C[C@@H]2O)N1S(=O)(=O)c1ccc(C)cc1. The Labute approximate surface area is 178 Å². The number of aliphatic hydroxyl groups is 2. The molecule has 0 unspecified atom stereocenters. The molecule has 2 N–H and O–H groups in total. The average molecular weight is 436 g/mol. The molecule has 2 aliphatic heterocycles. The molecule has 0 aromatic heterocycles. The second-order valence-corrected chi connectivity index (χ2v) is 9.42. The number of hydrogen-bond donors (Lipinski definition) is 2. The van der Waals surface area contributed by atoms with Gasteiger partial charge in [-0.1, -0.05) is 42.0 Å². The first-order chi connectivity index (χ1) is 14.3. The van der Waals surface area contributed by atoms with Crippen molar-refractivity contribution >= 4 is 10.0 Å². The zero-order chi connectivity index (χ0) is 21.9. The summed E-state index contributed by atoms with van der Waals surface area (Å²) >= 11 is 0. The van der Waals surface area contributed by atoms with E-state index in [1.54, 1.807) is 54.6 Å². The lowest BCUT2D eigenvalue weighted by atomic mass is 9.94. The molecule has 6 atom stereocenters. The standard InChI is InChI=1S/C22H29NO6S/c1-4-5-16-8-11-19(24)18(14-21-20(25)12-13-22(28-3)29-21)23(16)30(26,27)17-9-6-15(2)7-10-17/h4,6-13,16,18-22,24-25H,1,5,14H2,2-3H3/t16-,18+,19+,20-,21+,22-/m0/s1. The molecule has 0 radical (unpaired) electrons. The van der Waals surface area contributed by atoms with Crippen molar-refractivity contribution in [2.24, 2.45) is 0 Å². The average Bonchev–Trinajstić information content (AvgIpc) is 2.72. The summed E-state index contributed by atoms with van der Waals surface area (Å²) in [6, 6.07) is 5.28. The predicted molar refractivity (Wildman–Crippen MR) is 113 cm³/mol. The number of aryl methyl sites for hydroxylation is 1. The van der Waals surface area contributed by atoms with Gasteiger partial charge in [0, 0.05) is 13.2 Å². The number of benzene rings is 1. The Morgan fingerprint density at radius 2 is 1.80 bits per heavy atom. The topological polar surface area (TPSA) is 96.3 Å². The maximum absolute atomic E-state index is 13.6. The maximum Gasteiger partial charge on any atom is 0.243 e. The highest BCUT2D eigenvalue weighted by Gasteiger charge is 2.43. The number of hydrogen-bond acceptors (Lipinski definition) is 6. The minimum absolute atomic E-state index is 0.0929. The first-order valence-electron chi connectivity index (χ1n) is 9.90. The van der Waals surface area contributed by atoms with Crippen LogP contribution in [0.15, 0.2) is 66.1 Å². The van der Waals surface area contributed by atoms with E-state index in [1.807, 2.05) is 6.92 Å². The Hall–Kier alpha value is -1.81. The molecule has 0 amide bonds. The van der Waals surface area contributed by atoms with Gasteiger partial charge in [0.1, 0.15) is 0 Å². The zero-order valence-corrected chi connectivity index (χ0v) is 18.0. The van der Waals surface area contributed by atoms with Crippen molar-refractivity contribution in [3.05, 3.63) is 66.8 Å². The van der Waals surface area contributed by atoms with Crippen LogP contribution in [-0.4, -0.2) is 66.7 Å². The molecular weight excluding hydrogens is 406 g/mol. The van der Waals surface area contributed by atoms with Gasteiger partial charge in [-0.3, -0.25) is 0 Å². The van der Waals surface area contributed by atoms with Crippen molar-refractivity contribution in [1.82, 2.24) is 4.31 Å². The molecule has 0 bridgehead atoms. The van der Waals surface area contributed by atoms with Crippen LogP contribution >= 0.6 is 0 Å². The van der Waals surface area contributed by atoms with Gasteiger partial charge >= 0.3 is 0 Å². The van der Waals surface area contributed by atoms with Crippen LogP contribution in [0.2, 0.25) is 0 Å². The summed E-state index contributed by atoms with van der Waals surface area (Å²) in [4.78, 5) is 0.148. The summed E-state index contributed by atoms with van der Waals surface area (Å²) in [5.41, 5.74) is 0.947. The van der Waals surface area contributed by atoms with Gasteiger partial charge in [-0.15, -0.1) is 6.58 Å². The van der Waals surface area contributed by atoms with Crippen LogP contribution in [-0.2, 0) is 19.5 Å². The van der Waals surface area contributed by atoms with Crippen LogP contribution in [0.4, 0.5) is 0 Å². The number of rotatable bonds is 7. The van der Waals surface area contributed by atoms with Gasteiger partial charge in [-0.05, 0) is 38.0 Å². The van der Waals surface area contributed by atoms with E-state index in [2.05, 4.69) is 6.58 Å². The van der Waals surface area contributed by atoms with Crippen LogP contribution in [0.25, 0.3) is 0 Å². The number of sulfonamides is 1. The minimum Gasteiger partial charge on any atom is -0.387 e. The smallest absolute Gasteiger partial charge is 0.243 e. The summed E-state index contributed by atoms with van der Waals surface area (Å²) in [5.74, 6) is 0. The molecule has 2 aliphatic rings. The van der Waals surface area contributed by atoms with Crippen molar-refractivity contribution in [3.63, 3.8) is 0 Å². The number of methoxy groups -OCH3 is 1. The van der Waals surface area contributed by atoms with Crippen LogP contribution in [0.3, 0.4) is 0 Å². The van der Waals surface area contributed by atoms with E-state index < -0.39 is 46.7 Å². The van der Waals surface area contributed by atoms with E-state index in [-0.39, 0.29) is 11.3 Å². The van der Waals surface area contributed by atoms with Gasteiger partial charge in [0.2, 0.25) is 10.0 Å². The summed E-state index contributed by atoms with van der Waals surface area (Å²) in [6.45, 7) is 5.62. The number of aliphatic hydroxyl groups excluding tert-OH is 2. The zero-order valence-electron chi connectivity index (χ0n) is 17.2. The van der Waals surface area contributed by atoms with Gasteiger partial charge in [-0.25, -0.2) is 8.42 Å². The molecule has 0 aliphatic carbocycles. The number of ether oxygens (including phenoxy) is 2. The molecule has 2 heterocycles. The van der Waals surface area contributed by atoms with Crippen molar-refractivity contribution in [2.75, 3.05) is 7.11 Å². The predicted octanol–water partition coefficient (Wildman–Crippen LogP) is 1.91. The van der Waals surface area contributed by atoms with E-state index in [4.69, 9.17) is 9.47 Å². The number of nitrogens with zero attached hydrogens (tertiary/aromatic N) is 1. The molecule has 0 spiro atoms. The molecular formula is C22H29NO6S. The van der Waals surface area contributed by atoms with Crippen LogP contribution in [0.5, 0.6) is 0 Å². The molecule has 8 heteroatoms. The van der Waals surface area contributed by atoms with Gasteiger partial charge in [0.15, 0.2) is 6.29 Å². The van der Waals surface area contributed by atoms with Crippen molar-refractivity contribution < 1.29 is 28.1 Å². The second kappa shape index (κ2) is 9.55. The quantitative estimate of drug-likeness (QED) is 0.635. The molecule has 0 saturated heterocycles. The van der Waals surface area contributed by atoms with Crippen molar-refractivity contribution in [1.29, 1.82) is 0 Å². The molecule has 164 valence electrons. The van der Waals surface area contributed by atoms with Crippen LogP contribution < -0.4 is 0 Å². The van der Waals surface area contributed by atoms with Crippen LogP contribution in [0.1, 0.15) is 18.4 Å². The molecule has 7 nitrogen and oxygen atoms in total. The Morgan fingerprint density at radius 3 is 2.43 bits per heavy atom. The molecule has 1 aromatic rings. The summed E-state index contributed by atoms with van der Waals surface area (Å²) in [7, 11) is -2.45. The van der Waals surface area contributed by atoms with Gasteiger partial charge in [0.05, 0.1) is 29.2 Å². The highest BCUT2D eigenvalue weighted by Crippen LogP contribution is 2.32. The van der Waals surface area contributed by atoms with Gasteiger partial charge in [-0.2, -0.15) is 4.31 Å². The third-order valence-electron chi connectivity index (χ3n) is 5.44. The first-order valence-corrected chi connectivity index (χ1v) is 11.3. The summed E-state index contributed by atoms with van der Waals surface area (Å²) < 4.78 is 39.4. The maximum atomic E-state index is 13.6. The molecule has 30 heavy (non-hydrogen) atoms. The van der Waals surface area contributed by atoms with Gasteiger partial charge < -0.3 is 19.7 Å². The molecule has 0 saturated carbocycles. The van der Waals surface area contributed by atoms with Crippen molar-refractivity contribution in [3.8, 4) is 0 Å². The van der Waals surface area contributed by atoms with E-state index >= 15 is 0 Å². The van der Waals surface area contributed by atoms with Crippen molar-refractivity contribution in [2.45, 2.75) is 61.3 Å². The van der Waals surface area contributed by atoms with E-state index in [0.29, 0.717) is 6.42 Å². The van der Waals surface area contributed by atoms with E-state index in [1.165, 1.54) is 11.4 Å². The highest BCUT2D eigenvalue weighted by atomic mass is 32.2. The Morgan fingerprint density at radius 1 is 1.13 bits per heavy atom. The monoisotopic (exact) mass is 435 g/mol. The van der Waals surface area contributed by atoms with Gasteiger partial charge in [0.25, 0.3) is 0 Å². The fourth-order valence-corrected chi connectivity index (χ4v) is 5.63. The Kier molecular flexibility index (Phi) is 7.28. The summed E-state index contributed by atoms with van der Waals surface area (Å²) in [6.07, 6.45) is 5.22. The first kappa shape index (κ1) is 22.9. The molecule has 0 fully saturated rings. The Bertz CT molecular complexity index is 895. The fraction of sp³-hybridized carbons (Fsp3) is 0.455. The normalized spacial score (nSPS) is 32.3. The molecule has 3 rings (SSSR count). The lowest BCUT2D eigenvalue weighted by molar-refractivity contribution is -0.165.